The second-order valence-corrected chi connectivity index (χ2v) is 9.78. The number of ether oxygens (including phenoxy) is 3. The lowest BCUT2D eigenvalue weighted by atomic mass is 9.96. The van der Waals surface area contributed by atoms with E-state index in [2.05, 4.69) is 0 Å². The molecule has 29 heavy (non-hydrogen) atoms. The van der Waals surface area contributed by atoms with Gasteiger partial charge in [-0.2, -0.15) is 4.31 Å². The molecule has 3 heterocycles. The average molecular weight is 425 g/mol. The quantitative estimate of drug-likeness (QED) is 0.712. The normalized spacial score (nSPS) is 23.1. The van der Waals surface area contributed by atoms with Crippen LogP contribution >= 0.6 is 0 Å². The molecule has 9 heteroatoms. The highest BCUT2D eigenvalue weighted by molar-refractivity contribution is 7.89. The van der Waals surface area contributed by atoms with E-state index in [0.717, 1.165) is 19.4 Å². The maximum absolute atomic E-state index is 13.0. The molecule has 1 unspecified atom stereocenters. The molecule has 4 rings (SSSR count). The summed E-state index contributed by atoms with van der Waals surface area (Å²) in [5.74, 6) is 0.955. The number of piperidine rings is 1. The first-order chi connectivity index (χ1) is 13.9. The topological polar surface area (TPSA) is 85.4 Å². The van der Waals surface area contributed by atoms with Crippen LogP contribution in [0.5, 0.6) is 11.5 Å². The Morgan fingerprint density at radius 2 is 1.83 bits per heavy atom. The second-order valence-electron chi connectivity index (χ2n) is 7.84. The monoisotopic (exact) mass is 424 g/mol. The Morgan fingerprint density at radius 3 is 2.52 bits per heavy atom. The molecule has 1 aromatic rings. The van der Waals surface area contributed by atoms with Gasteiger partial charge in [0.25, 0.3) is 0 Å². The van der Waals surface area contributed by atoms with Gasteiger partial charge in [-0.25, -0.2) is 8.42 Å². The number of rotatable bonds is 5. The van der Waals surface area contributed by atoms with Crippen molar-refractivity contribution in [1.82, 2.24) is 9.21 Å². The number of likely N-dealkylation sites (N-methyl/N-ethyl adjacent to an activating group) is 1. The standard InChI is InChI=1S/C20H28N2O6S/c1-21(14-16-3-2-10-26-16)20(23)15-6-8-22(9-7-15)29(24,25)17-4-5-18-19(13-17)28-12-11-27-18/h4-5,13,15-16H,2-3,6-12,14H2,1H3. The molecule has 3 aliphatic rings. The number of amides is 1. The number of hydrogen-bond donors (Lipinski definition) is 0. The van der Waals surface area contributed by atoms with Gasteiger partial charge in [0.2, 0.25) is 15.9 Å². The molecule has 0 aliphatic carbocycles. The van der Waals surface area contributed by atoms with E-state index >= 15 is 0 Å². The lowest BCUT2D eigenvalue weighted by Gasteiger charge is -2.33. The molecule has 3 aliphatic heterocycles. The molecule has 0 spiro atoms. The Hall–Kier alpha value is -1.84. The van der Waals surface area contributed by atoms with Gasteiger partial charge in [0.15, 0.2) is 11.5 Å². The Bertz CT molecular complexity index is 845. The predicted molar refractivity (Wildman–Crippen MR) is 106 cm³/mol. The molecule has 1 aromatic carbocycles. The summed E-state index contributed by atoms with van der Waals surface area (Å²) in [7, 11) is -1.82. The van der Waals surface area contributed by atoms with E-state index < -0.39 is 10.0 Å². The molecule has 160 valence electrons. The van der Waals surface area contributed by atoms with Crippen molar-refractivity contribution in [3.63, 3.8) is 0 Å². The molecule has 0 aromatic heterocycles. The largest absolute Gasteiger partial charge is 0.486 e. The Morgan fingerprint density at radius 1 is 1.10 bits per heavy atom. The van der Waals surface area contributed by atoms with Gasteiger partial charge in [0, 0.05) is 45.3 Å². The van der Waals surface area contributed by atoms with Gasteiger partial charge in [-0.3, -0.25) is 4.79 Å². The van der Waals surface area contributed by atoms with Gasteiger partial charge in [-0.1, -0.05) is 0 Å². The molecule has 1 amide bonds. The van der Waals surface area contributed by atoms with Gasteiger partial charge in [0.1, 0.15) is 13.2 Å². The first-order valence-electron chi connectivity index (χ1n) is 10.2. The molecular weight excluding hydrogens is 396 g/mol. The SMILES string of the molecule is CN(CC1CCCO1)C(=O)C1CCN(S(=O)(=O)c2ccc3c(c2)OCCO3)CC1. The van der Waals surface area contributed by atoms with E-state index in [1.165, 1.54) is 10.4 Å². The molecule has 1 atom stereocenters. The molecule has 0 radical (unpaired) electrons. The van der Waals surface area contributed by atoms with Crippen molar-refractivity contribution < 1.29 is 27.4 Å². The summed E-state index contributed by atoms with van der Waals surface area (Å²) in [6.45, 7) is 2.91. The van der Waals surface area contributed by atoms with Gasteiger partial charge >= 0.3 is 0 Å². The van der Waals surface area contributed by atoms with E-state index in [0.29, 0.717) is 57.2 Å². The summed E-state index contributed by atoms with van der Waals surface area (Å²) in [6, 6.07) is 4.71. The van der Waals surface area contributed by atoms with Crippen molar-refractivity contribution in [2.24, 2.45) is 5.92 Å². The van der Waals surface area contributed by atoms with Crippen LogP contribution in [0.3, 0.4) is 0 Å². The number of hydrogen-bond acceptors (Lipinski definition) is 6. The van der Waals surface area contributed by atoms with Crippen LogP contribution < -0.4 is 9.47 Å². The summed E-state index contributed by atoms with van der Waals surface area (Å²) in [6.07, 6.45) is 3.21. The highest BCUT2D eigenvalue weighted by Gasteiger charge is 2.34. The molecule has 0 saturated carbocycles. The van der Waals surface area contributed by atoms with Crippen molar-refractivity contribution in [3.8, 4) is 11.5 Å². The van der Waals surface area contributed by atoms with E-state index in [4.69, 9.17) is 14.2 Å². The minimum absolute atomic E-state index is 0.0804. The molecule has 2 saturated heterocycles. The van der Waals surface area contributed by atoms with Crippen molar-refractivity contribution in [1.29, 1.82) is 0 Å². The third kappa shape index (κ3) is 4.36. The zero-order valence-electron chi connectivity index (χ0n) is 16.7. The van der Waals surface area contributed by atoms with Crippen LogP contribution in [0.15, 0.2) is 23.1 Å². The number of benzene rings is 1. The molecule has 8 nitrogen and oxygen atoms in total. The Labute approximate surface area is 171 Å². The number of nitrogens with zero attached hydrogens (tertiary/aromatic N) is 2. The Balaban J connectivity index is 1.36. The van der Waals surface area contributed by atoms with Gasteiger partial charge in [-0.05, 0) is 37.8 Å². The molecule has 0 N–H and O–H groups in total. The van der Waals surface area contributed by atoms with Crippen molar-refractivity contribution in [2.75, 3.05) is 46.5 Å². The Kier molecular flexibility index (Phi) is 5.98. The summed E-state index contributed by atoms with van der Waals surface area (Å²) in [4.78, 5) is 14.7. The maximum atomic E-state index is 13.0. The smallest absolute Gasteiger partial charge is 0.243 e. The summed E-state index contributed by atoms with van der Waals surface area (Å²) in [5, 5.41) is 0. The predicted octanol–water partition coefficient (Wildman–Crippen LogP) is 1.50. The van der Waals surface area contributed by atoms with Crippen LogP contribution in [0.25, 0.3) is 0 Å². The summed E-state index contributed by atoms with van der Waals surface area (Å²) < 4.78 is 44.1. The van der Waals surface area contributed by atoms with E-state index in [9.17, 15) is 13.2 Å². The number of sulfonamides is 1. The fourth-order valence-corrected chi connectivity index (χ4v) is 5.66. The van der Waals surface area contributed by atoms with Crippen LogP contribution in [0.4, 0.5) is 0 Å². The first-order valence-corrected chi connectivity index (χ1v) is 11.7. The van der Waals surface area contributed by atoms with E-state index in [-0.39, 0.29) is 22.8 Å². The first kappa shape index (κ1) is 20.4. The zero-order chi connectivity index (χ0) is 20.4. The third-order valence-electron chi connectivity index (χ3n) is 5.83. The van der Waals surface area contributed by atoms with Crippen LogP contribution in [-0.4, -0.2) is 76.1 Å². The number of fused-ring (bicyclic) bond motifs is 1. The third-order valence-corrected chi connectivity index (χ3v) is 7.73. The fourth-order valence-electron chi connectivity index (χ4n) is 4.17. The number of carbonyl (C=O) groups is 1. The second kappa shape index (κ2) is 8.49. The lowest BCUT2D eigenvalue weighted by Crippen LogP contribution is -2.44. The van der Waals surface area contributed by atoms with Crippen molar-refractivity contribution in [2.45, 2.75) is 36.7 Å². The van der Waals surface area contributed by atoms with Crippen LogP contribution in [-0.2, 0) is 19.6 Å². The summed E-state index contributed by atoms with van der Waals surface area (Å²) in [5.41, 5.74) is 0. The van der Waals surface area contributed by atoms with Crippen LogP contribution in [0.2, 0.25) is 0 Å². The lowest BCUT2D eigenvalue weighted by molar-refractivity contribution is -0.136. The number of carbonyl (C=O) groups excluding carboxylic acids is 1. The highest BCUT2D eigenvalue weighted by Crippen LogP contribution is 2.34. The fraction of sp³-hybridized carbons (Fsp3) is 0.650. The van der Waals surface area contributed by atoms with Crippen LogP contribution in [0, 0.1) is 5.92 Å². The summed E-state index contributed by atoms with van der Waals surface area (Å²) >= 11 is 0. The molecule has 2 fully saturated rings. The van der Waals surface area contributed by atoms with Gasteiger partial charge in [-0.15, -0.1) is 0 Å². The zero-order valence-corrected chi connectivity index (χ0v) is 17.5. The minimum Gasteiger partial charge on any atom is -0.486 e. The maximum Gasteiger partial charge on any atom is 0.243 e. The van der Waals surface area contributed by atoms with Crippen molar-refractivity contribution in [3.05, 3.63) is 18.2 Å². The molecule has 0 bridgehead atoms. The average Bonchev–Trinajstić information content (AvgIpc) is 3.26. The van der Waals surface area contributed by atoms with Crippen molar-refractivity contribution >= 4 is 15.9 Å². The highest BCUT2D eigenvalue weighted by atomic mass is 32.2. The van der Waals surface area contributed by atoms with Crippen LogP contribution in [0.1, 0.15) is 25.7 Å². The minimum atomic E-state index is -3.63. The van der Waals surface area contributed by atoms with E-state index in [1.807, 2.05) is 7.05 Å². The van der Waals surface area contributed by atoms with Gasteiger partial charge in [0.05, 0.1) is 11.0 Å². The molecular formula is C20H28N2O6S. The van der Waals surface area contributed by atoms with E-state index in [1.54, 1.807) is 17.0 Å². The van der Waals surface area contributed by atoms with Gasteiger partial charge < -0.3 is 19.1 Å².